The van der Waals surface area contributed by atoms with Crippen molar-refractivity contribution in [1.29, 1.82) is 5.26 Å². The van der Waals surface area contributed by atoms with Gasteiger partial charge in [0.05, 0.1) is 54.0 Å². The van der Waals surface area contributed by atoms with Gasteiger partial charge in [0.2, 0.25) is 17.7 Å². The number of aliphatic hydroxyl groups is 1. The molecule has 7 heterocycles. The van der Waals surface area contributed by atoms with Crippen LogP contribution in [0.15, 0.2) is 83.5 Å². The molecule has 29 heteroatoms. The van der Waals surface area contributed by atoms with E-state index in [2.05, 4.69) is 55.3 Å². The van der Waals surface area contributed by atoms with Crippen LogP contribution in [0.2, 0.25) is 0 Å². The first-order valence-corrected chi connectivity index (χ1v) is 31.9. The van der Waals surface area contributed by atoms with Crippen LogP contribution in [-0.4, -0.2) is 165 Å². The SMILES string of the molecule is CC(C)[C@@H](C(=O)N1C[C@H](O)C[C@H]1C(=O)N[C@@H](C)c1ccc(C#N)cc1)c1cc(OCCN2CCC(OC3CC(Oc4cc(N5C6CCC5CN(c5cc(-c7ccccc7OCOP(=O)(O)OP(=O)(O)OCCN)nnc5N)C6)ccn4)C3)CC2)no1. The molecule has 8 atom stereocenters. The van der Waals surface area contributed by atoms with Crippen LogP contribution in [-0.2, 0) is 36.8 Å². The third-order valence-corrected chi connectivity index (χ3v) is 18.8. The highest BCUT2D eigenvalue weighted by Crippen LogP contribution is 2.60. The summed E-state index contributed by atoms with van der Waals surface area (Å²) in [7, 11) is -10.0. The van der Waals surface area contributed by atoms with Crippen molar-refractivity contribution in [3.05, 3.63) is 95.9 Å². The van der Waals surface area contributed by atoms with Crippen LogP contribution in [0.25, 0.3) is 11.3 Å². The lowest BCUT2D eigenvalue weighted by Gasteiger charge is -2.43. The molecule has 4 unspecified atom stereocenters. The number of carbonyl (C=O) groups is 2. The number of aliphatic hydroxyl groups excluding tert-OH is 1. The molecule has 2 amide bonds. The number of nitrogens with two attached hydrogens (primary N) is 2. The number of piperazine rings is 1. The van der Waals surface area contributed by atoms with E-state index in [-0.39, 0.29) is 97.7 Å². The van der Waals surface area contributed by atoms with Crippen molar-refractivity contribution in [1.82, 2.24) is 35.5 Å². The first kappa shape index (κ1) is 62.3. The number of phosphoric ester groups is 2. The minimum Gasteiger partial charge on any atom is -0.474 e. The Morgan fingerprint density at radius 2 is 1.59 bits per heavy atom. The number of β-amino-alcohol motifs (C(OH)–C–C–N with tert-alkyl or cyclic N) is 1. The monoisotopic (exact) mass is 1230 g/mol. The summed E-state index contributed by atoms with van der Waals surface area (Å²) >= 11 is 0. The summed E-state index contributed by atoms with van der Waals surface area (Å²) in [5.41, 5.74) is 15.7. The Morgan fingerprint density at radius 3 is 2.31 bits per heavy atom. The number of benzene rings is 2. The fourth-order valence-electron chi connectivity index (χ4n) is 11.9. The van der Waals surface area contributed by atoms with Gasteiger partial charge in [0.1, 0.15) is 30.4 Å². The van der Waals surface area contributed by atoms with E-state index in [9.17, 15) is 33.6 Å². The standard InChI is InChI=1S/C57H74N12O15P2/c1-35(2)54(57(72)68-33-42(70)25-49(68)56(71)62-36(3)38-10-8-37(30-59)9-11-38)51-29-53(65-83-51)77-23-21-66-19-15-43(16-20-66)81-44-26-45(27-44)82-52-24-39(14-18-61-52)69-40-12-13-41(69)32-67(31-40)48-28-47(63-64-55(48)60)46-6-4-5-7-50(46)78-34-80-86(75,76)84-85(73,74)79-22-17-58/h4-11,14,18,24,28-29,35-36,40-45,49,54,70H,12-13,15-17,19-23,25-27,31-34,58H2,1-3H3,(H2,60,64)(H,62,71)(H,73,74)(H,75,76)/t36-,40?,41?,42+,44?,45?,49-,54+/m0/s1. The van der Waals surface area contributed by atoms with Gasteiger partial charge >= 0.3 is 15.6 Å². The van der Waals surface area contributed by atoms with Crippen LogP contribution in [0.4, 0.5) is 17.2 Å². The summed E-state index contributed by atoms with van der Waals surface area (Å²) in [5, 5.41) is 35.5. The summed E-state index contributed by atoms with van der Waals surface area (Å²) in [6.45, 7) is 8.38. The molecule has 5 aliphatic rings. The fraction of sp³-hybridized carbons (Fsp3) is 0.526. The second-order valence-electron chi connectivity index (χ2n) is 22.6. The second kappa shape index (κ2) is 27.5. The molecule has 27 nitrogen and oxygen atoms in total. The van der Waals surface area contributed by atoms with Gasteiger partial charge in [0.15, 0.2) is 18.4 Å². The Bertz CT molecular complexity index is 3280. The summed E-state index contributed by atoms with van der Waals surface area (Å²) in [6, 6.07) is 22.4. The van der Waals surface area contributed by atoms with E-state index in [0.29, 0.717) is 60.4 Å². The average Bonchev–Trinajstić information content (AvgIpc) is 2.04. The van der Waals surface area contributed by atoms with Gasteiger partial charge in [-0.1, -0.05) is 38.1 Å². The molecule has 0 radical (unpaired) electrons. The maximum Gasteiger partial charge on any atom is 0.484 e. The number of nitrogen functional groups attached to an aromatic ring is 1. The van der Waals surface area contributed by atoms with Crippen LogP contribution >= 0.6 is 15.6 Å². The number of ether oxygens (including phenoxy) is 4. The Morgan fingerprint density at radius 1 is 0.860 bits per heavy atom. The van der Waals surface area contributed by atoms with Gasteiger partial charge in [-0.3, -0.25) is 19.0 Å². The molecule has 10 rings (SSSR count). The number of rotatable bonds is 26. The first-order valence-electron chi connectivity index (χ1n) is 29.0. The van der Waals surface area contributed by atoms with Gasteiger partial charge in [-0.15, -0.1) is 10.2 Å². The van der Waals surface area contributed by atoms with Crippen molar-refractivity contribution < 1.29 is 70.4 Å². The number of nitrogens with zero attached hydrogens (tertiary/aromatic N) is 9. The van der Waals surface area contributed by atoms with Crippen molar-refractivity contribution in [2.45, 2.75) is 120 Å². The van der Waals surface area contributed by atoms with Crippen LogP contribution in [0.3, 0.4) is 0 Å². The molecule has 3 aromatic heterocycles. The number of para-hydroxylation sites is 1. The average molecular weight is 1230 g/mol. The number of phosphoric acid groups is 2. The Kier molecular flexibility index (Phi) is 19.9. The predicted molar refractivity (Wildman–Crippen MR) is 311 cm³/mol. The number of carbonyl (C=O) groups excluding carboxylic acids is 2. The minimum atomic E-state index is -5.08. The van der Waals surface area contributed by atoms with E-state index in [1.807, 2.05) is 39.0 Å². The predicted octanol–water partition coefficient (Wildman–Crippen LogP) is 5.43. The van der Waals surface area contributed by atoms with E-state index in [1.165, 1.54) is 4.90 Å². The van der Waals surface area contributed by atoms with Gasteiger partial charge < -0.3 is 69.8 Å². The maximum absolute atomic E-state index is 14.2. The Hall–Kier alpha value is -6.79. The highest BCUT2D eigenvalue weighted by atomic mass is 31.3. The number of hydrogen-bond donors (Lipinski definition) is 6. The number of likely N-dealkylation sites (tertiary alicyclic amines) is 2. The van der Waals surface area contributed by atoms with Gasteiger partial charge in [-0.25, -0.2) is 18.6 Å². The molecule has 2 aromatic carbocycles. The Labute approximate surface area is 498 Å². The van der Waals surface area contributed by atoms with Gasteiger partial charge in [0, 0.05) is 107 Å². The number of aromatic nitrogens is 4. The number of pyridine rings is 1. The molecule has 4 aliphatic heterocycles. The van der Waals surface area contributed by atoms with Crippen molar-refractivity contribution >= 4 is 44.7 Å². The van der Waals surface area contributed by atoms with Crippen molar-refractivity contribution in [2.24, 2.45) is 11.7 Å². The number of nitrogens with one attached hydrogen (secondary N) is 1. The molecule has 2 bridgehead atoms. The molecule has 5 aromatic rings. The first-order chi connectivity index (χ1) is 41.3. The van der Waals surface area contributed by atoms with Gasteiger partial charge in [-0.2, -0.15) is 9.57 Å². The third kappa shape index (κ3) is 15.3. The number of anilines is 3. The molecule has 1 saturated carbocycles. The summed E-state index contributed by atoms with van der Waals surface area (Å²) in [5.74, 6) is -0.0310. The lowest BCUT2D eigenvalue weighted by Crippen LogP contribution is -2.54. The number of fused-ring (bicyclic) bond motifs is 2. The highest BCUT2D eigenvalue weighted by molar-refractivity contribution is 7.61. The quantitative estimate of drug-likeness (QED) is 0.0297. The van der Waals surface area contributed by atoms with Crippen molar-refractivity contribution in [3.8, 4) is 34.8 Å². The normalized spacial score (nSPS) is 23.6. The van der Waals surface area contributed by atoms with E-state index in [4.69, 9.17) is 44.7 Å². The zero-order valence-corrected chi connectivity index (χ0v) is 49.9. The van der Waals surface area contributed by atoms with Crippen LogP contribution in [0.5, 0.6) is 17.5 Å². The fourth-order valence-corrected chi connectivity index (χ4v) is 13.8. The van der Waals surface area contributed by atoms with Crippen LogP contribution in [0, 0.1) is 17.2 Å². The number of hydrogen-bond acceptors (Lipinski definition) is 23. The molecule has 5 fully saturated rings. The van der Waals surface area contributed by atoms with Crippen molar-refractivity contribution in [2.75, 3.05) is 81.4 Å². The molecular weight excluding hydrogens is 1150 g/mol. The molecule has 4 saturated heterocycles. The molecule has 8 N–H and O–H groups in total. The van der Waals surface area contributed by atoms with Crippen LogP contribution < -0.4 is 40.8 Å². The highest BCUT2D eigenvalue weighted by Gasteiger charge is 2.45. The van der Waals surface area contributed by atoms with E-state index in [1.54, 1.807) is 60.8 Å². The lowest BCUT2D eigenvalue weighted by atomic mass is 9.91. The molecular formula is C57H74N12O15P2. The zero-order valence-electron chi connectivity index (χ0n) is 48.1. The number of piperidine rings is 1. The van der Waals surface area contributed by atoms with E-state index >= 15 is 0 Å². The number of amides is 2. The largest absolute Gasteiger partial charge is 0.484 e. The summed E-state index contributed by atoms with van der Waals surface area (Å²) < 4.78 is 68.3. The topological polar surface area (TPSA) is 359 Å². The summed E-state index contributed by atoms with van der Waals surface area (Å²) in [6.07, 6.45) is 6.54. The van der Waals surface area contributed by atoms with Crippen molar-refractivity contribution in [3.63, 3.8) is 0 Å². The second-order valence-corrected chi connectivity index (χ2v) is 25.6. The zero-order chi connectivity index (χ0) is 60.7. The van der Waals surface area contributed by atoms with E-state index in [0.717, 1.165) is 62.9 Å². The molecule has 0 spiro atoms. The maximum atomic E-state index is 14.2. The van der Waals surface area contributed by atoms with Gasteiger partial charge in [0.25, 0.3) is 5.88 Å². The third-order valence-electron chi connectivity index (χ3n) is 16.2. The smallest absolute Gasteiger partial charge is 0.474 e. The Balaban J connectivity index is 0.643. The number of nitriles is 1. The molecule has 462 valence electrons. The van der Waals surface area contributed by atoms with Gasteiger partial charge in [-0.05, 0) is 85.6 Å². The molecule has 86 heavy (non-hydrogen) atoms. The minimum absolute atomic E-state index is 0.00923. The van der Waals surface area contributed by atoms with Crippen LogP contribution in [0.1, 0.15) is 94.6 Å². The van der Waals surface area contributed by atoms with E-state index < -0.39 is 40.5 Å². The molecule has 1 aliphatic carbocycles. The summed E-state index contributed by atoms with van der Waals surface area (Å²) in [4.78, 5) is 60.4. The lowest BCUT2D eigenvalue weighted by molar-refractivity contribution is -0.141.